The predicted octanol–water partition coefficient (Wildman–Crippen LogP) is 4.34. The molecule has 0 fully saturated rings. The van der Waals surface area contributed by atoms with E-state index in [0.717, 1.165) is 24.1 Å². The fourth-order valence-electron chi connectivity index (χ4n) is 4.02. The monoisotopic (exact) mass is 565 g/mol. The average Bonchev–Trinajstić information content (AvgIpc) is 2.88. The van der Waals surface area contributed by atoms with Crippen molar-refractivity contribution in [1.82, 2.24) is 4.98 Å². The molecule has 208 valence electrons. The van der Waals surface area contributed by atoms with Gasteiger partial charge in [0.15, 0.2) is 6.79 Å². The molecule has 0 unspecified atom stereocenters. The summed E-state index contributed by atoms with van der Waals surface area (Å²) in [6.07, 6.45) is -2.22. The number of carbonyl (C=O) groups excluding carboxylic acids is 1. The number of rotatable bonds is 10. The number of methoxy groups -OCH3 is 1. The summed E-state index contributed by atoms with van der Waals surface area (Å²) in [5.41, 5.74) is 1.89. The number of pyridine rings is 1. The Balaban J connectivity index is 1.55. The number of halogens is 3. The van der Waals surface area contributed by atoms with Crippen molar-refractivity contribution in [3.63, 3.8) is 0 Å². The third kappa shape index (κ3) is 7.05. The summed E-state index contributed by atoms with van der Waals surface area (Å²) >= 11 is 0. The van der Waals surface area contributed by atoms with Crippen LogP contribution in [0.15, 0.2) is 54.7 Å². The predicted molar refractivity (Wildman–Crippen MR) is 138 cm³/mol. The maximum Gasteiger partial charge on any atom is 0.417 e. The highest BCUT2D eigenvalue weighted by Gasteiger charge is 2.31. The van der Waals surface area contributed by atoms with E-state index < -0.39 is 21.8 Å². The zero-order valence-corrected chi connectivity index (χ0v) is 21.9. The van der Waals surface area contributed by atoms with E-state index in [4.69, 9.17) is 14.2 Å². The second-order valence-corrected chi connectivity index (χ2v) is 10.5. The molecule has 0 atom stereocenters. The Kier molecular flexibility index (Phi) is 8.42. The minimum atomic E-state index is -4.48. The lowest BCUT2D eigenvalue weighted by molar-refractivity contribution is -0.137. The van der Waals surface area contributed by atoms with Crippen LogP contribution < -0.4 is 14.4 Å². The highest BCUT2D eigenvalue weighted by atomic mass is 32.2. The molecule has 1 aromatic heterocycles. The summed E-state index contributed by atoms with van der Waals surface area (Å²) in [5.74, 6) is -0.0785. The van der Waals surface area contributed by atoms with Gasteiger partial charge in [-0.3, -0.25) is 14.5 Å². The summed E-state index contributed by atoms with van der Waals surface area (Å²) < 4.78 is 80.6. The summed E-state index contributed by atoms with van der Waals surface area (Å²) in [4.78, 5) is 18.8. The maximum atomic E-state index is 13.4. The van der Waals surface area contributed by atoms with Gasteiger partial charge in [-0.2, -0.15) is 13.2 Å². The third-order valence-corrected chi connectivity index (χ3v) is 6.46. The van der Waals surface area contributed by atoms with Crippen LogP contribution in [0, 0.1) is 0 Å². The SMILES string of the molecule is COCCOCOc1ccc(N2CCc3cc(-c4ccc(C(F)(F)F)cn4)ccc3C2=O)cc1NS(C)(=O)=O. The molecule has 0 spiro atoms. The number of ether oxygens (including phenoxy) is 3. The number of nitrogens with one attached hydrogen (secondary N) is 1. The fraction of sp³-hybridized carbons (Fsp3) is 0.308. The van der Waals surface area contributed by atoms with Gasteiger partial charge in [0.2, 0.25) is 10.0 Å². The zero-order chi connectivity index (χ0) is 28.2. The number of hydrogen-bond donors (Lipinski definition) is 1. The minimum Gasteiger partial charge on any atom is -0.465 e. The van der Waals surface area contributed by atoms with Crippen molar-refractivity contribution in [2.45, 2.75) is 12.6 Å². The normalized spacial score (nSPS) is 13.8. The van der Waals surface area contributed by atoms with Crippen molar-refractivity contribution in [2.24, 2.45) is 0 Å². The van der Waals surface area contributed by atoms with Gasteiger partial charge in [0, 0.05) is 36.7 Å². The Morgan fingerprint density at radius 2 is 1.87 bits per heavy atom. The van der Waals surface area contributed by atoms with E-state index in [1.165, 1.54) is 24.1 Å². The molecular formula is C26H26F3N3O6S. The van der Waals surface area contributed by atoms with Gasteiger partial charge in [-0.15, -0.1) is 0 Å². The number of sulfonamides is 1. The molecule has 13 heteroatoms. The lowest BCUT2D eigenvalue weighted by atomic mass is 9.95. The molecular weight excluding hydrogens is 539 g/mol. The molecule has 0 saturated carbocycles. The van der Waals surface area contributed by atoms with Gasteiger partial charge in [0.1, 0.15) is 5.75 Å². The van der Waals surface area contributed by atoms with Crippen LogP contribution in [0.3, 0.4) is 0 Å². The largest absolute Gasteiger partial charge is 0.465 e. The number of hydrogen-bond acceptors (Lipinski definition) is 7. The topological polar surface area (TPSA) is 107 Å². The standard InChI is InChI=1S/C26H26F3N3O6S/c1-36-11-12-37-16-38-24-8-5-20(14-23(24)31-39(2,34)35)32-10-9-17-13-18(3-6-21(17)25(32)33)22-7-4-19(15-30-22)26(27,28)29/h3-8,13-15,31H,9-12,16H2,1-2H3. The molecule has 2 aromatic carbocycles. The highest BCUT2D eigenvalue weighted by molar-refractivity contribution is 7.92. The lowest BCUT2D eigenvalue weighted by Gasteiger charge is -2.29. The Morgan fingerprint density at radius 1 is 1.08 bits per heavy atom. The molecule has 1 N–H and O–H groups in total. The van der Waals surface area contributed by atoms with Crippen molar-refractivity contribution in [1.29, 1.82) is 0 Å². The van der Waals surface area contributed by atoms with Gasteiger partial charge in [-0.25, -0.2) is 8.42 Å². The third-order valence-electron chi connectivity index (χ3n) is 5.87. The molecule has 0 aliphatic carbocycles. The molecule has 1 aliphatic rings. The number of nitrogens with zero attached hydrogens (tertiary/aromatic N) is 2. The van der Waals surface area contributed by atoms with Gasteiger partial charge in [0.25, 0.3) is 5.91 Å². The second-order valence-electron chi connectivity index (χ2n) is 8.73. The minimum absolute atomic E-state index is 0.132. The summed E-state index contributed by atoms with van der Waals surface area (Å²) in [6.45, 7) is 0.834. The maximum absolute atomic E-state index is 13.4. The van der Waals surface area contributed by atoms with Crippen molar-refractivity contribution in [2.75, 3.05) is 49.5 Å². The molecule has 1 amide bonds. The van der Waals surface area contributed by atoms with E-state index in [9.17, 15) is 26.4 Å². The number of aromatic nitrogens is 1. The van der Waals surface area contributed by atoms with Crippen molar-refractivity contribution >= 4 is 27.3 Å². The quantitative estimate of drug-likeness (QED) is 0.288. The summed E-state index contributed by atoms with van der Waals surface area (Å²) in [7, 11) is -2.12. The summed E-state index contributed by atoms with van der Waals surface area (Å²) in [6, 6.07) is 12.0. The Bertz CT molecular complexity index is 1450. The zero-order valence-electron chi connectivity index (χ0n) is 21.1. The van der Waals surface area contributed by atoms with Crippen molar-refractivity contribution in [3.05, 3.63) is 71.4 Å². The van der Waals surface area contributed by atoms with Gasteiger partial charge in [-0.1, -0.05) is 6.07 Å². The van der Waals surface area contributed by atoms with E-state index in [-0.39, 0.29) is 24.1 Å². The molecule has 9 nitrogen and oxygen atoms in total. The molecule has 3 aromatic rings. The van der Waals surface area contributed by atoms with Crippen LogP contribution in [0.25, 0.3) is 11.3 Å². The second kappa shape index (κ2) is 11.6. The molecule has 4 rings (SSSR count). The van der Waals surface area contributed by atoms with E-state index >= 15 is 0 Å². The Hall–Kier alpha value is -3.68. The van der Waals surface area contributed by atoms with Gasteiger partial charge < -0.3 is 19.1 Å². The first-order valence-electron chi connectivity index (χ1n) is 11.8. The van der Waals surface area contributed by atoms with Crippen molar-refractivity contribution < 1.29 is 40.6 Å². The molecule has 1 aliphatic heterocycles. The number of fused-ring (bicyclic) bond motifs is 1. The van der Waals surface area contributed by atoms with Crippen LogP contribution in [0.2, 0.25) is 0 Å². The Morgan fingerprint density at radius 3 is 2.54 bits per heavy atom. The van der Waals surface area contributed by atoms with Crippen LogP contribution in [-0.4, -0.2) is 59.2 Å². The smallest absolute Gasteiger partial charge is 0.417 e. The average molecular weight is 566 g/mol. The first kappa shape index (κ1) is 28.3. The van der Waals surface area contributed by atoms with Gasteiger partial charge in [0.05, 0.1) is 36.4 Å². The molecule has 2 heterocycles. The van der Waals surface area contributed by atoms with Crippen LogP contribution in [-0.2, 0) is 32.1 Å². The first-order chi connectivity index (χ1) is 18.5. The van der Waals surface area contributed by atoms with Crippen LogP contribution >= 0.6 is 0 Å². The fourth-order valence-corrected chi connectivity index (χ4v) is 4.58. The number of benzene rings is 2. The number of amides is 1. The van der Waals surface area contributed by atoms with Crippen LogP contribution in [0.5, 0.6) is 5.75 Å². The van der Waals surface area contributed by atoms with E-state index in [0.29, 0.717) is 48.7 Å². The number of carbonyl (C=O) groups is 1. The molecule has 0 bridgehead atoms. The van der Waals surface area contributed by atoms with Crippen molar-refractivity contribution in [3.8, 4) is 17.0 Å². The number of alkyl halides is 3. The van der Waals surface area contributed by atoms with Gasteiger partial charge in [-0.05, 0) is 54.4 Å². The highest BCUT2D eigenvalue weighted by Crippen LogP contribution is 2.34. The van der Waals surface area contributed by atoms with E-state index in [1.54, 1.807) is 30.3 Å². The van der Waals surface area contributed by atoms with E-state index in [2.05, 4.69) is 9.71 Å². The molecule has 0 saturated heterocycles. The van der Waals surface area contributed by atoms with E-state index in [1.807, 2.05) is 0 Å². The Labute approximate surface area is 223 Å². The van der Waals surface area contributed by atoms with Crippen LogP contribution in [0.4, 0.5) is 24.5 Å². The first-order valence-corrected chi connectivity index (χ1v) is 13.6. The number of anilines is 2. The summed E-state index contributed by atoms with van der Waals surface area (Å²) in [5, 5.41) is 0. The molecule has 0 radical (unpaired) electrons. The van der Waals surface area contributed by atoms with Gasteiger partial charge >= 0.3 is 6.18 Å². The molecule has 39 heavy (non-hydrogen) atoms. The van der Waals surface area contributed by atoms with Crippen LogP contribution in [0.1, 0.15) is 21.5 Å². The lowest BCUT2D eigenvalue weighted by Crippen LogP contribution is -2.37.